The molecule has 6 heteroatoms. The second-order valence-corrected chi connectivity index (χ2v) is 6.32. The van der Waals surface area contributed by atoms with Gasteiger partial charge in [0.05, 0.1) is 5.01 Å². The van der Waals surface area contributed by atoms with Gasteiger partial charge in [0.1, 0.15) is 5.69 Å². The number of carboxylic acid groups (broad SMARTS) is 1. The van der Waals surface area contributed by atoms with E-state index in [-0.39, 0.29) is 5.69 Å². The zero-order valence-electron chi connectivity index (χ0n) is 12.4. The fourth-order valence-electron chi connectivity index (χ4n) is 2.00. The summed E-state index contributed by atoms with van der Waals surface area (Å²) in [5.41, 5.74) is 0.795. The van der Waals surface area contributed by atoms with Gasteiger partial charge in [-0.15, -0.1) is 11.3 Å². The van der Waals surface area contributed by atoms with Crippen molar-refractivity contribution in [2.24, 2.45) is 5.92 Å². The quantitative estimate of drug-likeness (QED) is 0.858. The molecule has 5 nitrogen and oxygen atoms in total. The van der Waals surface area contributed by atoms with Gasteiger partial charge in [0, 0.05) is 11.8 Å². The molecule has 1 aromatic heterocycles. The van der Waals surface area contributed by atoms with Crippen LogP contribution in [0.25, 0.3) is 0 Å². The monoisotopic (exact) mass is 318 g/mol. The maximum absolute atomic E-state index is 12.2. The number of hydrogen-bond donors (Lipinski definition) is 2. The molecule has 0 radical (unpaired) electrons. The molecule has 0 unspecified atom stereocenters. The highest BCUT2D eigenvalue weighted by Gasteiger charge is 2.23. The molecule has 2 rings (SSSR count). The zero-order valence-corrected chi connectivity index (χ0v) is 13.3. The normalized spacial score (nSPS) is 12.1. The minimum absolute atomic E-state index is 0.267. The number of thiazole rings is 1. The molecule has 1 aromatic carbocycles. The van der Waals surface area contributed by atoms with Crippen LogP contribution in [0.3, 0.4) is 0 Å². The average Bonchev–Trinajstić information content (AvgIpc) is 2.93. The highest BCUT2D eigenvalue weighted by Crippen LogP contribution is 2.17. The molecule has 116 valence electrons. The van der Waals surface area contributed by atoms with Crippen molar-refractivity contribution in [1.29, 1.82) is 0 Å². The van der Waals surface area contributed by atoms with Gasteiger partial charge in [-0.1, -0.05) is 44.2 Å². The topological polar surface area (TPSA) is 79.3 Å². The molecule has 0 saturated heterocycles. The van der Waals surface area contributed by atoms with Crippen molar-refractivity contribution in [3.63, 3.8) is 0 Å². The Balaban J connectivity index is 2.12. The number of nitrogens with zero attached hydrogens (tertiary/aromatic N) is 1. The molecule has 1 amide bonds. The van der Waals surface area contributed by atoms with Crippen LogP contribution in [0.15, 0.2) is 35.7 Å². The highest BCUT2D eigenvalue weighted by molar-refractivity contribution is 7.09. The van der Waals surface area contributed by atoms with Crippen LogP contribution < -0.4 is 5.32 Å². The Bertz CT molecular complexity index is 652. The van der Waals surface area contributed by atoms with Crippen LogP contribution in [0.2, 0.25) is 0 Å². The number of nitrogens with one attached hydrogen (secondary N) is 1. The van der Waals surface area contributed by atoms with Crippen molar-refractivity contribution in [3.8, 4) is 0 Å². The summed E-state index contributed by atoms with van der Waals surface area (Å²) in [4.78, 5) is 27.9. The van der Waals surface area contributed by atoms with E-state index in [1.807, 2.05) is 0 Å². The summed E-state index contributed by atoms with van der Waals surface area (Å²) in [5, 5.41) is 14.4. The van der Waals surface area contributed by atoms with Crippen molar-refractivity contribution in [2.45, 2.75) is 26.3 Å². The van der Waals surface area contributed by atoms with E-state index in [4.69, 9.17) is 0 Å². The summed E-state index contributed by atoms with van der Waals surface area (Å²) in [6.07, 6.45) is 0.805. The second-order valence-electron chi connectivity index (χ2n) is 5.38. The zero-order chi connectivity index (χ0) is 16.1. The Morgan fingerprint density at radius 1 is 1.27 bits per heavy atom. The largest absolute Gasteiger partial charge is 0.479 e. The van der Waals surface area contributed by atoms with Gasteiger partial charge in [-0.2, -0.15) is 0 Å². The number of hydrogen-bond acceptors (Lipinski definition) is 4. The third kappa shape index (κ3) is 4.14. The smallest absolute Gasteiger partial charge is 0.330 e. The van der Waals surface area contributed by atoms with E-state index < -0.39 is 17.9 Å². The lowest BCUT2D eigenvalue weighted by molar-refractivity contribution is -0.139. The predicted molar refractivity (Wildman–Crippen MR) is 84.9 cm³/mol. The first kappa shape index (κ1) is 16.2. The molecule has 0 aliphatic heterocycles. The summed E-state index contributed by atoms with van der Waals surface area (Å²) in [6, 6.07) is 7.53. The van der Waals surface area contributed by atoms with E-state index in [2.05, 4.69) is 24.1 Å². The van der Waals surface area contributed by atoms with Crippen molar-refractivity contribution in [2.75, 3.05) is 0 Å². The summed E-state index contributed by atoms with van der Waals surface area (Å²) in [5.74, 6) is -1.11. The third-order valence-corrected chi connectivity index (χ3v) is 3.89. The number of benzene rings is 1. The average molecular weight is 318 g/mol. The number of amides is 1. The maximum atomic E-state index is 12.2. The lowest BCUT2D eigenvalue weighted by Crippen LogP contribution is -2.33. The molecule has 0 saturated carbocycles. The van der Waals surface area contributed by atoms with Crippen molar-refractivity contribution in [3.05, 3.63) is 52.0 Å². The molecule has 0 fully saturated rings. The number of carbonyl (C=O) groups is 2. The molecule has 1 heterocycles. The molecule has 0 bridgehead atoms. The van der Waals surface area contributed by atoms with Gasteiger partial charge in [-0.05, 0) is 11.5 Å². The molecule has 2 aromatic rings. The highest BCUT2D eigenvalue weighted by atomic mass is 32.1. The SMILES string of the molecule is CC(C)Cc1nc(C(=O)N[C@@H](C(=O)O)c2ccccc2)cs1. The van der Waals surface area contributed by atoms with Gasteiger partial charge in [-0.25, -0.2) is 9.78 Å². The number of aliphatic carboxylic acids is 1. The lowest BCUT2D eigenvalue weighted by atomic mass is 10.1. The fourth-order valence-corrected chi connectivity index (χ4v) is 2.98. The van der Waals surface area contributed by atoms with Gasteiger partial charge in [-0.3, -0.25) is 4.79 Å². The lowest BCUT2D eigenvalue weighted by Gasteiger charge is -2.13. The molecular formula is C16H18N2O3S. The Kier molecular flexibility index (Phi) is 5.27. The molecular weight excluding hydrogens is 300 g/mol. The van der Waals surface area contributed by atoms with E-state index in [9.17, 15) is 14.7 Å². The van der Waals surface area contributed by atoms with E-state index in [0.29, 0.717) is 11.5 Å². The minimum Gasteiger partial charge on any atom is -0.479 e. The van der Waals surface area contributed by atoms with Crippen LogP contribution in [0.4, 0.5) is 0 Å². The third-order valence-electron chi connectivity index (χ3n) is 3.02. The first-order valence-corrected chi connectivity index (χ1v) is 7.88. The first-order chi connectivity index (χ1) is 10.5. The minimum atomic E-state index is -1.10. The summed E-state index contributed by atoms with van der Waals surface area (Å²) < 4.78 is 0. The van der Waals surface area contributed by atoms with Crippen LogP contribution in [-0.2, 0) is 11.2 Å². The van der Waals surface area contributed by atoms with Crippen LogP contribution in [-0.4, -0.2) is 22.0 Å². The van der Waals surface area contributed by atoms with Gasteiger partial charge < -0.3 is 10.4 Å². The van der Waals surface area contributed by atoms with Crippen molar-refractivity contribution < 1.29 is 14.7 Å². The van der Waals surface area contributed by atoms with Crippen LogP contribution in [0.1, 0.15) is 40.9 Å². The second kappa shape index (κ2) is 7.17. The molecule has 0 spiro atoms. The number of carboxylic acids is 1. The van der Waals surface area contributed by atoms with Gasteiger partial charge in [0.15, 0.2) is 6.04 Å². The predicted octanol–water partition coefficient (Wildman–Crippen LogP) is 2.90. The van der Waals surface area contributed by atoms with Crippen LogP contribution in [0.5, 0.6) is 0 Å². The van der Waals surface area contributed by atoms with Crippen LogP contribution in [0, 0.1) is 5.92 Å². The number of carbonyl (C=O) groups excluding carboxylic acids is 1. The molecule has 0 aliphatic rings. The molecule has 22 heavy (non-hydrogen) atoms. The molecule has 1 atom stereocenters. The molecule has 0 aliphatic carbocycles. The summed E-state index contributed by atoms with van der Waals surface area (Å²) in [6.45, 7) is 4.16. The Morgan fingerprint density at radius 2 is 1.95 bits per heavy atom. The summed E-state index contributed by atoms with van der Waals surface area (Å²) >= 11 is 1.42. The van der Waals surface area contributed by atoms with Crippen molar-refractivity contribution in [1.82, 2.24) is 10.3 Å². The van der Waals surface area contributed by atoms with Crippen molar-refractivity contribution >= 4 is 23.2 Å². The fraction of sp³-hybridized carbons (Fsp3) is 0.312. The number of rotatable bonds is 6. The van der Waals surface area contributed by atoms with Gasteiger partial charge in [0.25, 0.3) is 5.91 Å². The molecule has 2 N–H and O–H groups in total. The van der Waals surface area contributed by atoms with Crippen LogP contribution >= 0.6 is 11.3 Å². The van der Waals surface area contributed by atoms with E-state index in [1.54, 1.807) is 35.7 Å². The summed E-state index contributed by atoms with van der Waals surface area (Å²) in [7, 11) is 0. The number of aromatic nitrogens is 1. The first-order valence-electron chi connectivity index (χ1n) is 7.00. The Hall–Kier alpha value is -2.21. The maximum Gasteiger partial charge on any atom is 0.330 e. The Morgan fingerprint density at radius 3 is 2.55 bits per heavy atom. The van der Waals surface area contributed by atoms with Gasteiger partial charge >= 0.3 is 5.97 Å². The van der Waals surface area contributed by atoms with E-state index in [1.165, 1.54) is 11.3 Å². The standard InChI is InChI=1S/C16H18N2O3S/c1-10(2)8-13-17-12(9-22-13)15(19)18-14(16(20)21)11-6-4-3-5-7-11/h3-7,9-10,14H,8H2,1-2H3,(H,18,19)(H,20,21)/t14-/m1/s1. The Labute approximate surface area is 133 Å². The van der Waals surface area contributed by atoms with E-state index in [0.717, 1.165) is 11.4 Å². The van der Waals surface area contributed by atoms with Gasteiger partial charge in [0.2, 0.25) is 0 Å². The van der Waals surface area contributed by atoms with E-state index >= 15 is 0 Å².